The van der Waals surface area contributed by atoms with Gasteiger partial charge in [0.15, 0.2) is 17.5 Å². The van der Waals surface area contributed by atoms with E-state index in [1.807, 2.05) is 0 Å². The Morgan fingerprint density at radius 3 is 2.11 bits per heavy atom. The van der Waals surface area contributed by atoms with Crippen molar-refractivity contribution in [3.63, 3.8) is 0 Å². The summed E-state index contributed by atoms with van der Waals surface area (Å²) in [6.07, 6.45) is 0. The molecule has 0 aliphatic carbocycles. The van der Waals surface area contributed by atoms with E-state index in [1.165, 1.54) is 14.0 Å². The van der Waals surface area contributed by atoms with Crippen molar-refractivity contribution < 1.29 is 21.6 Å². The summed E-state index contributed by atoms with van der Waals surface area (Å²) in [5.41, 5.74) is 5.32. The molecule has 1 aromatic carbocycles. The number of hydrogen-bond acceptors (Lipinski definition) is 3. The highest BCUT2D eigenvalue weighted by molar-refractivity contribution is 7.89. The van der Waals surface area contributed by atoms with Crippen LogP contribution < -0.4 is 5.73 Å². The largest absolute Gasteiger partial charge is 0.329 e. The lowest BCUT2D eigenvalue weighted by Gasteiger charge is -2.23. The fourth-order valence-corrected chi connectivity index (χ4v) is 2.63. The number of likely N-dealkylation sites (N-methyl/N-ethyl adjacent to an activating group) is 1. The van der Waals surface area contributed by atoms with Crippen LogP contribution in [-0.4, -0.2) is 32.4 Å². The second-order valence-corrected chi connectivity index (χ2v) is 5.80. The Balaban J connectivity index is 3.29. The highest BCUT2D eigenvalue weighted by atomic mass is 32.2. The molecule has 0 heterocycles. The number of nitrogens with zero attached hydrogens (tertiary/aromatic N) is 1. The van der Waals surface area contributed by atoms with Crippen molar-refractivity contribution in [3.8, 4) is 0 Å². The average Bonchev–Trinajstić information content (AvgIpc) is 2.33. The van der Waals surface area contributed by atoms with E-state index in [4.69, 9.17) is 5.73 Å². The first kappa shape index (κ1) is 14.9. The predicted octanol–water partition coefficient (Wildman–Crippen LogP) is 1.07. The number of benzene rings is 1. The van der Waals surface area contributed by atoms with Crippen LogP contribution in [0.5, 0.6) is 0 Å². The quantitative estimate of drug-likeness (QED) is 0.840. The lowest BCUT2D eigenvalue weighted by atomic mass is 10.3. The Labute approximate surface area is 103 Å². The van der Waals surface area contributed by atoms with Gasteiger partial charge in [-0.1, -0.05) is 0 Å². The highest BCUT2D eigenvalue weighted by Gasteiger charge is 2.27. The molecular formula is C10H13F3N2O2S. The molecule has 0 radical (unpaired) electrons. The molecule has 0 saturated carbocycles. The summed E-state index contributed by atoms with van der Waals surface area (Å²) in [6.45, 7) is 1.58. The van der Waals surface area contributed by atoms with Crippen LogP contribution in [0.25, 0.3) is 0 Å². The number of hydrogen-bond donors (Lipinski definition) is 1. The van der Waals surface area contributed by atoms with E-state index < -0.39 is 38.4 Å². The van der Waals surface area contributed by atoms with Gasteiger partial charge in [0.1, 0.15) is 0 Å². The number of halogens is 3. The summed E-state index contributed by atoms with van der Waals surface area (Å²) in [6, 6.07) is 0.326. The maximum absolute atomic E-state index is 13.0. The van der Waals surface area contributed by atoms with E-state index >= 15 is 0 Å². The van der Waals surface area contributed by atoms with Gasteiger partial charge in [-0.2, -0.15) is 4.31 Å². The Bertz CT molecular complexity index is 525. The van der Waals surface area contributed by atoms with Crippen LogP contribution in [0.1, 0.15) is 6.92 Å². The van der Waals surface area contributed by atoms with Crippen LogP contribution >= 0.6 is 0 Å². The van der Waals surface area contributed by atoms with E-state index in [2.05, 4.69) is 0 Å². The normalized spacial score (nSPS) is 13.9. The molecule has 0 saturated heterocycles. The molecule has 0 bridgehead atoms. The van der Waals surface area contributed by atoms with Gasteiger partial charge in [0.2, 0.25) is 10.0 Å². The van der Waals surface area contributed by atoms with Crippen molar-refractivity contribution in [3.05, 3.63) is 29.6 Å². The van der Waals surface area contributed by atoms with Gasteiger partial charge in [0.05, 0.1) is 4.90 Å². The minimum absolute atomic E-state index is 0.0435. The first-order valence-corrected chi connectivity index (χ1v) is 6.48. The van der Waals surface area contributed by atoms with Gasteiger partial charge < -0.3 is 5.73 Å². The molecule has 1 atom stereocenters. The molecule has 0 aliphatic heterocycles. The van der Waals surface area contributed by atoms with Crippen LogP contribution in [0, 0.1) is 17.5 Å². The van der Waals surface area contributed by atoms with E-state index in [1.54, 1.807) is 0 Å². The number of rotatable bonds is 4. The van der Waals surface area contributed by atoms with Gasteiger partial charge in [-0.25, -0.2) is 21.6 Å². The molecule has 0 aliphatic rings. The number of sulfonamides is 1. The molecule has 1 unspecified atom stereocenters. The summed E-state index contributed by atoms with van der Waals surface area (Å²) >= 11 is 0. The van der Waals surface area contributed by atoms with Crippen molar-refractivity contribution >= 4 is 10.0 Å². The first-order chi connectivity index (χ1) is 8.21. The SMILES string of the molecule is CC(CN)N(C)S(=O)(=O)c1cc(F)c(F)c(F)c1. The summed E-state index contributed by atoms with van der Waals surface area (Å²) < 4.78 is 63.5. The third-order valence-corrected chi connectivity index (χ3v) is 4.55. The summed E-state index contributed by atoms with van der Waals surface area (Å²) in [5.74, 6) is -4.81. The minimum Gasteiger partial charge on any atom is -0.329 e. The van der Waals surface area contributed by atoms with Gasteiger partial charge in [-0.05, 0) is 19.1 Å². The Morgan fingerprint density at radius 1 is 1.28 bits per heavy atom. The van der Waals surface area contributed by atoms with Gasteiger partial charge in [-0.15, -0.1) is 0 Å². The summed E-state index contributed by atoms with van der Waals surface area (Å²) in [5, 5.41) is 0. The van der Waals surface area contributed by atoms with Crippen LogP contribution in [0.3, 0.4) is 0 Å². The zero-order valence-corrected chi connectivity index (χ0v) is 10.6. The minimum atomic E-state index is -4.11. The van der Waals surface area contributed by atoms with Gasteiger partial charge in [0, 0.05) is 19.6 Å². The predicted molar refractivity (Wildman–Crippen MR) is 59.8 cm³/mol. The van der Waals surface area contributed by atoms with Crippen LogP contribution in [0.15, 0.2) is 17.0 Å². The lowest BCUT2D eigenvalue weighted by molar-refractivity contribution is 0.392. The zero-order valence-electron chi connectivity index (χ0n) is 9.82. The third-order valence-electron chi connectivity index (χ3n) is 2.60. The van der Waals surface area contributed by atoms with Crippen molar-refractivity contribution in [1.29, 1.82) is 0 Å². The fourth-order valence-electron chi connectivity index (χ4n) is 1.23. The second kappa shape index (κ2) is 5.25. The average molecular weight is 282 g/mol. The highest BCUT2D eigenvalue weighted by Crippen LogP contribution is 2.21. The van der Waals surface area contributed by atoms with Crippen molar-refractivity contribution in [2.24, 2.45) is 5.73 Å². The third kappa shape index (κ3) is 2.65. The maximum Gasteiger partial charge on any atom is 0.243 e. The molecule has 18 heavy (non-hydrogen) atoms. The molecule has 8 heteroatoms. The molecule has 4 nitrogen and oxygen atoms in total. The zero-order chi connectivity index (χ0) is 14.1. The first-order valence-electron chi connectivity index (χ1n) is 5.04. The molecule has 1 rings (SSSR count). The lowest BCUT2D eigenvalue weighted by Crippen LogP contribution is -2.39. The fraction of sp³-hybridized carbons (Fsp3) is 0.400. The molecule has 102 valence electrons. The maximum atomic E-state index is 13.0. The summed E-state index contributed by atoms with van der Waals surface area (Å²) in [4.78, 5) is -0.651. The molecular weight excluding hydrogens is 269 g/mol. The standard InChI is InChI=1S/C10H13F3N2O2S/c1-6(5-14)15(2)18(16,17)7-3-8(11)10(13)9(12)4-7/h3-4,6H,5,14H2,1-2H3. The monoisotopic (exact) mass is 282 g/mol. The van der Waals surface area contributed by atoms with E-state index in [-0.39, 0.29) is 6.54 Å². The van der Waals surface area contributed by atoms with Gasteiger partial charge in [-0.3, -0.25) is 0 Å². The van der Waals surface area contributed by atoms with Crippen LogP contribution in [-0.2, 0) is 10.0 Å². The molecule has 0 fully saturated rings. The van der Waals surface area contributed by atoms with E-state index in [0.29, 0.717) is 12.1 Å². The van der Waals surface area contributed by atoms with Crippen LogP contribution in [0.2, 0.25) is 0 Å². The molecule has 1 aromatic rings. The number of nitrogens with two attached hydrogens (primary N) is 1. The van der Waals surface area contributed by atoms with Crippen LogP contribution in [0.4, 0.5) is 13.2 Å². The molecule has 0 aromatic heterocycles. The van der Waals surface area contributed by atoms with Gasteiger partial charge in [0.25, 0.3) is 0 Å². The van der Waals surface area contributed by atoms with E-state index in [9.17, 15) is 21.6 Å². The second-order valence-electron chi connectivity index (χ2n) is 3.81. The van der Waals surface area contributed by atoms with Gasteiger partial charge >= 0.3 is 0 Å². The molecule has 2 N–H and O–H groups in total. The smallest absolute Gasteiger partial charge is 0.243 e. The Hall–Kier alpha value is -1.12. The summed E-state index contributed by atoms with van der Waals surface area (Å²) in [7, 11) is -2.88. The van der Waals surface area contributed by atoms with Crippen molar-refractivity contribution in [1.82, 2.24) is 4.31 Å². The Morgan fingerprint density at radius 2 is 1.72 bits per heavy atom. The topological polar surface area (TPSA) is 63.4 Å². The van der Waals surface area contributed by atoms with Crippen molar-refractivity contribution in [2.75, 3.05) is 13.6 Å². The van der Waals surface area contributed by atoms with Crippen molar-refractivity contribution in [2.45, 2.75) is 17.9 Å². The van der Waals surface area contributed by atoms with E-state index in [0.717, 1.165) is 4.31 Å². The molecule has 0 spiro atoms. The molecule has 0 amide bonds. The Kier molecular flexibility index (Phi) is 4.36.